The van der Waals surface area contributed by atoms with Crippen LogP contribution in [0.15, 0.2) is 101 Å². The van der Waals surface area contributed by atoms with Crippen molar-refractivity contribution in [3.8, 4) is 17.1 Å². The zero-order chi connectivity index (χ0) is 34.9. The summed E-state index contributed by atoms with van der Waals surface area (Å²) in [5.74, 6) is -0.221. The van der Waals surface area contributed by atoms with Gasteiger partial charge in [-0.25, -0.2) is 14.4 Å². The summed E-state index contributed by atoms with van der Waals surface area (Å²) in [6.07, 6.45) is 4.57. The van der Waals surface area contributed by atoms with Gasteiger partial charge in [-0.2, -0.15) is 4.98 Å². The third kappa shape index (κ3) is 9.38. The largest absolute Gasteiger partial charge is 0.467 e. The van der Waals surface area contributed by atoms with Gasteiger partial charge in [0.2, 0.25) is 5.91 Å². The Morgan fingerprint density at radius 1 is 0.959 bits per heavy atom. The van der Waals surface area contributed by atoms with Gasteiger partial charge >= 0.3 is 6.01 Å². The first-order chi connectivity index (χ1) is 23.6. The highest BCUT2D eigenvalue weighted by Crippen LogP contribution is 2.27. The minimum atomic E-state index is -1.02. The van der Waals surface area contributed by atoms with E-state index in [1.54, 1.807) is 54.3 Å². The summed E-state index contributed by atoms with van der Waals surface area (Å²) in [4.78, 5) is 55.4. The van der Waals surface area contributed by atoms with Crippen LogP contribution in [0, 0.1) is 5.82 Å². The number of rotatable bonds is 14. The van der Waals surface area contributed by atoms with Crippen LogP contribution in [-0.2, 0) is 28.3 Å². The number of hydrogen-bond acceptors (Lipinski definition) is 9. The lowest BCUT2D eigenvalue weighted by Gasteiger charge is -2.31. The summed E-state index contributed by atoms with van der Waals surface area (Å²) in [6, 6.07) is 21.6. The van der Waals surface area contributed by atoms with Crippen molar-refractivity contribution in [3.05, 3.63) is 135 Å². The Morgan fingerprint density at radius 2 is 1.57 bits per heavy atom. The number of likely N-dealkylation sites (N-methyl/N-ethyl adjacent to an activating group) is 1. The number of aromatic nitrogens is 4. The molecular weight excluding hydrogens is 667 g/mol. The van der Waals surface area contributed by atoms with Crippen molar-refractivity contribution in [2.24, 2.45) is 0 Å². The topological polar surface area (TPSA) is 111 Å². The molecule has 1 unspecified atom stereocenters. The predicted octanol–water partition coefficient (Wildman–Crippen LogP) is 5.67. The number of methoxy groups -OCH3 is 1. The molecule has 2 heterocycles. The molecule has 2 aromatic heterocycles. The number of nitrogens with zero attached hydrogens (tertiary/aromatic N) is 6. The minimum absolute atomic E-state index is 0.0921. The summed E-state index contributed by atoms with van der Waals surface area (Å²) >= 11 is 7.29. The normalized spacial score (nSPS) is 11.7. The molecule has 0 saturated heterocycles. The second kappa shape index (κ2) is 16.5. The molecule has 0 fully saturated rings. The predicted molar refractivity (Wildman–Crippen MR) is 187 cm³/mol. The van der Waals surface area contributed by atoms with Crippen LogP contribution in [0.2, 0.25) is 5.02 Å². The van der Waals surface area contributed by atoms with Crippen LogP contribution in [0.25, 0.3) is 11.1 Å². The lowest BCUT2D eigenvalue weighted by molar-refractivity contribution is -0.132. The standard InChI is InChI=1S/C36H34ClFN6O4S/c1-42(2)33(46)21-43(19-24-4-8-27(9-5-24)28-10-12-30(37)13-11-28)32(22-45)44-20-29(16-26-17-39-35(48-3)40-18-26)34(47)41-36(44)49-23-25-6-14-31(38)15-7-25/h4-15,17-18,20,22,32H,16,19,21,23H2,1-3H3. The maximum absolute atomic E-state index is 13.6. The molecular formula is C36H34ClFN6O4S. The molecule has 1 amide bonds. The van der Waals surface area contributed by atoms with Crippen LogP contribution in [0.3, 0.4) is 0 Å². The fourth-order valence-electron chi connectivity index (χ4n) is 4.97. The third-order valence-corrected chi connectivity index (χ3v) is 8.95. The zero-order valence-electron chi connectivity index (χ0n) is 27.1. The number of benzene rings is 3. The Morgan fingerprint density at radius 3 is 2.16 bits per heavy atom. The Balaban J connectivity index is 1.52. The zero-order valence-corrected chi connectivity index (χ0v) is 28.7. The quantitative estimate of drug-likeness (QED) is 0.0822. The van der Waals surface area contributed by atoms with Gasteiger partial charge < -0.3 is 14.2 Å². The second-order valence-corrected chi connectivity index (χ2v) is 12.8. The molecule has 0 saturated carbocycles. The number of thioether (sulfide) groups is 1. The first-order valence-electron chi connectivity index (χ1n) is 15.2. The van der Waals surface area contributed by atoms with Gasteiger partial charge in [0, 0.05) is 62.0 Å². The molecule has 252 valence electrons. The van der Waals surface area contributed by atoms with Crippen molar-refractivity contribution in [3.63, 3.8) is 0 Å². The van der Waals surface area contributed by atoms with E-state index in [2.05, 4.69) is 15.0 Å². The first-order valence-corrected chi connectivity index (χ1v) is 16.6. The number of carbonyl (C=O) groups excluding carboxylic acids is 2. The fourth-order valence-corrected chi connectivity index (χ4v) is 6.04. The SMILES string of the molecule is COc1ncc(Cc2cn(C(C=O)N(CC(=O)N(C)C)Cc3ccc(-c4ccc(Cl)cc4)cc3)c(SCc3ccc(F)cc3)nc2=O)cn1. The van der Waals surface area contributed by atoms with Crippen molar-refractivity contribution in [2.45, 2.75) is 30.0 Å². The van der Waals surface area contributed by atoms with Crippen LogP contribution in [0.1, 0.15) is 28.4 Å². The highest BCUT2D eigenvalue weighted by Gasteiger charge is 2.26. The molecule has 0 N–H and O–H groups in total. The summed E-state index contributed by atoms with van der Waals surface area (Å²) in [5, 5.41) is 0.913. The number of carbonyl (C=O) groups is 2. The van der Waals surface area contributed by atoms with E-state index in [-0.39, 0.29) is 42.4 Å². The molecule has 0 spiro atoms. The van der Waals surface area contributed by atoms with E-state index in [4.69, 9.17) is 16.3 Å². The number of aldehydes is 1. The molecule has 10 nitrogen and oxygen atoms in total. The molecule has 3 aromatic carbocycles. The van der Waals surface area contributed by atoms with Crippen LogP contribution >= 0.6 is 23.4 Å². The van der Waals surface area contributed by atoms with Crippen LogP contribution in [-0.4, -0.2) is 69.3 Å². The van der Waals surface area contributed by atoms with Gasteiger partial charge in [-0.1, -0.05) is 71.9 Å². The van der Waals surface area contributed by atoms with Gasteiger partial charge in [-0.3, -0.25) is 19.3 Å². The van der Waals surface area contributed by atoms with Crippen LogP contribution in [0.4, 0.5) is 4.39 Å². The molecule has 0 aliphatic rings. The summed E-state index contributed by atoms with van der Waals surface area (Å²) < 4.78 is 20.2. The molecule has 0 bridgehead atoms. The van der Waals surface area contributed by atoms with Crippen molar-refractivity contribution < 1.29 is 18.7 Å². The second-order valence-electron chi connectivity index (χ2n) is 11.4. The number of ether oxygens (including phenoxy) is 1. The van der Waals surface area contributed by atoms with E-state index in [1.807, 2.05) is 48.5 Å². The number of amides is 1. The van der Waals surface area contributed by atoms with Gasteiger partial charge in [0.15, 0.2) is 11.4 Å². The van der Waals surface area contributed by atoms with Crippen LogP contribution < -0.4 is 10.3 Å². The van der Waals surface area contributed by atoms with E-state index in [1.165, 1.54) is 35.9 Å². The molecule has 5 aromatic rings. The molecule has 49 heavy (non-hydrogen) atoms. The van der Waals surface area contributed by atoms with Crippen molar-refractivity contribution in [2.75, 3.05) is 27.7 Å². The smallest absolute Gasteiger partial charge is 0.316 e. The highest BCUT2D eigenvalue weighted by molar-refractivity contribution is 7.98. The van der Waals surface area contributed by atoms with Gasteiger partial charge in [-0.05, 0) is 52.1 Å². The highest BCUT2D eigenvalue weighted by atomic mass is 35.5. The van der Waals surface area contributed by atoms with Gasteiger partial charge in [0.25, 0.3) is 5.56 Å². The Kier molecular flexibility index (Phi) is 11.9. The molecule has 0 aliphatic carbocycles. The van der Waals surface area contributed by atoms with Gasteiger partial charge in [-0.15, -0.1) is 0 Å². The van der Waals surface area contributed by atoms with E-state index >= 15 is 0 Å². The molecule has 0 aliphatic heterocycles. The van der Waals surface area contributed by atoms with Crippen molar-refractivity contribution in [1.82, 2.24) is 29.3 Å². The summed E-state index contributed by atoms with van der Waals surface area (Å²) in [7, 11) is 4.76. The maximum Gasteiger partial charge on any atom is 0.316 e. The number of halogens is 2. The van der Waals surface area contributed by atoms with E-state index in [0.29, 0.717) is 21.9 Å². The maximum atomic E-state index is 13.6. The van der Waals surface area contributed by atoms with E-state index < -0.39 is 11.7 Å². The Labute approximate surface area is 292 Å². The monoisotopic (exact) mass is 700 g/mol. The fraction of sp³-hybridized carbons (Fsp3) is 0.222. The Hall–Kier alpha value is -4.91. The minimum Gasteiger partial charge on any atom is -0.467 e. The van der Waals surface area contributed by atoms with Crippen molar-refractivity contribution in [1.29, 1.82) is 0 Å². The first kappa shape index (κ1) is 35.4. The average Bonchev–Trinajstić information content (AvgIpc) is 3.10. The van der Waals surface area contributed by atoms with Gasteiger partial charge in [0.05, 0.1) is 13.7 Å². The molecule has 0 radical (unpaired) electrons. The van der Waals surface area contributed by atoms with E-state index in [9.17, 15) is 18.8 Å². The average molecular weight is 701 g/mol. The lowest BCUT2D eigenvalue weighted by atomic mass is 10.0. The summed E-state index contributed by atoms with van der Waals surface area (Å²) in [5.41, 5.74) is 4.11. The van der Waals surface area contributed by atoms with E-state index in [0.717, 1.165) is 28.5 Å². The van der Waals surface area contributed by atoms with Gasteiger partial charge in [0.1, 0.15) is 12.0 Å². The number of hydrogen-bond donors (Lipinski definition) is 0. The van der Waals surface area contributed by atoms with Crippen LogP contribution in [0.5, 0.6) is 6.01 Å². The molecule has 1 atom stereocenters. The molecule has 13 heteroatoms. The lowest BCUT2D eigenvalue weighted by Crippen LogP contribution is -2.42. The Bertz CT molecular complexity index is 1940. The summed E-state index contributed by atoms with van der Waals surface area (Å²) in [6.45, 7) is 0.144. The third-order valence-electron chi connectivity index (χ3n) is 7.66. The molecule has 5 rings (SSSR count). The van der Waals surface area contributed by atoms with Crippen molar-refractivity contribution >= 4 is 35.6 Å².